The largest absolute Gasteiger partial charge is 0.508 e. The molecule has 0 radical (unpaired) electrons. The van der Waals surface area contributed by atoms with E-state index in [1.165, 1.54) is 0 Å². The number of halogens is 1. The van der Waals surface area contributed by atoms with Crippen molar-refractivity contribution in [3.63, 3.8) is 0 Å². The highest BCUT2D eigenvalue weighted by Crippen LogP contribution is 2.35. The van der Waals surface area contributed by atoms with Gasteiger partial charge in [-0.15, -0.1) is 0 Å². The number of hydrogen-bond acceptors (Lipinski definition) is 4. The maximum atomic E-state index is 10.0. The normalized spacial score (nSPS) is 19.2. The number of phenolic OH excluding ortho intramolecular Hbond substituents is 1. The Morgan fingerprint density at radius 1 is 1.41 bits per heavy atom. The zero-order valence-electron chi connectivity index (χ0n) is 12.9. The molecule has 2 aromatic rings. The van der Waals surface area contributed by atoms with Crippen LogP contribution in [0.2, 0.25) is 5.02 Å². The lowest BCUT2D eigenvalue weighted by Crippen LogP contribution is -2.23. The lowest BCUT2D eigenvalue weighted by Gasteiger charge is -2.23. The zero-order chi connectivity index (χ0) is 15.7. The molecule has 1 atom stereocenters. The maximum absolute atomic E-state index is 10.0. The summed E-state index contributed by atoms with van der Waals surface area (Å²) in [5.74, 6) is 1.55. The summed E-state index contributed by atoms with van der Waals surface area (Å²) >= 11 is 6.04. The van der Waals surface area contributed by atoms with Gasteiger partial charge < -0.3 is 9.63 Å². The van der Waals surface area contributed by atoms with Crippen LogP contribution in [0.5, 0.6) is 5.75 Å². The third-order valence-electron chi connectivity index (χ3n) is 4.24. The van der Waals surface area contributed by atoms with E-state index in [2.05, 4.69) is 30.0 Å². The number of nitrogens with zero attached hydrogens (tertiary/aromatic N) is 2. The molecule has 0 unspecified atom stereocenters. The first-order chi connectivity index (χ1) is 10.5. The van der Waals surface area contributed by atoms with Gasteiger partial charge in [0, 0.05) is 29.1 Å². The molecule has 1 saturated heterocycles. The Bertz CT molecular complexity index is 654. The van der Waals surface area contributed by atoms with Gasteiger partial charge in [0.05, 0.1) is 6.04 Å². The van der Waals surface area contributed by atoms with Crippen molar-refractivity contribution in [2.24, 2.45) is 0 Å². The van der Waals surface area contributed by atoms with E-state index in [0.717, 1.165) is 36.4 Å². The first-order valence-corrected chi connectivity index (χ1v) is 8.10. The Morgan fingerprint density at radius 3 is 2.95 bits per heavy atom. The van der Waals surface area contributed by atoms with Crippen molar-refractivity contribution in [3.05, 3.63) is 46.3 Å². The second-order valence-electron chi connectivity index (χ2n) is 6.21. The van der Waals surface area contributed by atoms with E-state index >= 15 is 0 Å². The van der Waals surface area contributed by atoms with E-state index in [4.69, 9.17) is 16.1 Å². The van der Waals surface area contributed by atoms with Crippen LogP contribution in [0.3, 0.4) is 0 Å². The highest BCUT2D eigenvalue weighted by molar-refractivity contribution is 6.30. The Hall–Kier alpha value is -1.52. The van der Waals surface area contributed by atoms with Crippen molar-refractivity contribution in [3.8, 4) is 5.75 Å². The summed E-state index contributed by atoms with van der Waals surface area (Å²) in [6.07, 6.45) is 2.18. The van der Waals surface area contributed by atoms with Crippen molar-refractivity contribution in [1.82, 2.24) is 10.1 Å². The summed E-state index contributed by atoms with van der Waals surface area (Å²) in [5.41, 5.74) is 1.84. The molecular formula is C17H21ClN2O2. The smallest absolute Gasteiger partial charge is 0.139 e. The van der Waals surface area contributed by atoms with Crippen molar-refractivity contribution in [2.75, 3.05) is 6.54 Å². The van der Waals surface area contributed by atoms with Gasteiger partial charge in [-0.05, 0) is 37.6 Å². The molecule has 2 heterocycles. The summed E-state index contributed by atoms with van der Waals surface area (Å²) in [6.45, 7) is 5.85. The fourth-order valence-corrected chi connectivity index (χ4v) is 3.18. The third kappa shape index (κ3) is 3.13. The molecule has 0 spiro atoms. The van der Waals surface area contributed by atoms with Gasteiger partial charge in [-0.3, -0.25) is 4.90 Å². The molecule has 1 aliphatic rings. The summed E-state index contributed by atoms with van der Waals surface area (Å²) in [5, 5.41) is 14.9. The number of phenols is 1. The Labute approximate surface area is 135 Å². The van der Waals surface area contributed by atoms with Crippen LogP contribution >= 0.6 is 11.6 Å². The molecule has 3 rings (SSSR count). The summed E-state index contributed by atoms with van der Waals surface area (Å²) in [6, 6.07) is 7.49. The van der Waals surface area contributed by atoms with Crippen molar-refractivity contribution in [1.29, 1.82) is 0 Å². The summed E-state index contributed by atoms with van der Waals surface area (Å²) in [4.78, 5) is 2.33. The SMILES string of the molecule is CC(C)c1cc([C@@H]2CCCN2Cc2cc(Cl)ccc2O)no1. The van der Waals surface area contributed by atoms with Crippen LogP contribution in [-0.4, -0.2) is 21.7 Å². The minimum absolute atomic E-state index is 0.245. The molecule has 1 aromatic heterocycles. The highest BCUT2D eigenvalue weighted by atomic mass is 35.5. The molecule has 1 fully saturated rings. The fourth-order valence-electron chi connectivity index (χ4n) is 2.98. The molecule has 1 N–H and O–H groups in total. The van der Waals surface area contributed by atoms with E-state index in [-0.39, 0.29) is 11.8 Å². The van der Waals surface area contributed by atoms with Crippen molar-refractivity contribution < 1.29 is 9.63 Å². The first-order valence-electron chi connectivity index (χ1n) is 7.72. The minimum atomic E-state index is 0.245. The van der Waals surface area contributed by atoms with E-state index in [0.29, 0.717) is 17.5 Å². The molecule has 22 heavy (non-hydrogen) atoms. The van der Waals surface area contributed by atoms with Crippen LogP contribution in [0.1, 0.15) is 55.7 Å². The van der Waals surface area contributed by atoms with Gasteiger partial charge in [0.25, 0.3) is 0 Å². The Morgan fingerprint density at radius 2 is 2.23 bits per heavy atom. The fraction of sp³-hybridized carbons (Fsp3) is 0.471. The number of aromatic nitrogens is 1. The molecule has 0 bridgehead atoms. The molecule has 1 aliphatic heterocycles. The predicted molar refractivity (Wildman–Crippen MR) is 86.1 cm³/mol. The minimum Gasteiger partial charge on any atom is -0.508 e. The second-order valence-corrected chi connectivity index (χ2v) is 6.65. The van der Waals surface area contributed by atoms with Crippen LogP contribution in [0, 0.1) is 0 Å². The summed E-state index contributed by atoms with van der Waals surface area (Å²) < 4.78 is 5.43. The molecule has 5 heteroatoms. The lowest BCUT2D eigenvalue weighted by molar-refractivity contribution is 0.233. The standard InChI is InChI=1S/C17H21ClN2O2/c1-11(2)17-9-14(19-22-17)15-4-3-7-20(15)10-12-8-13(18)5-6-16(12)21/h5-6,8-9,11,15,21H,3-4,7,10H2,1-2H3/t15-/m0/s1. The number of benzene rings is 1. The van der Waals surface area contributed by atoms with Gasteiger partial charge in [-0.25, -0.2) is 0 Å². The monoisotopic (exact) mass is 320 g/mol. The van der Waals surface area contributed by atoms with Crippen LogP contribution in [0.15, 0.2) is 28.8 Å². The predicted octanol–water partition coefficient (Wildman–Crippen LogP) is 4.49. The average Bonchev–Trinajstić information content (AvgIpc) is 3.11. The number of hydrogen-bond donors (Lipinski definition) is 1. The van der Waals surface area contributed by atoms with Gasteiger partial charge in [0.15, 0.2) is 0 Å². The van der Waals surface area contributed by atoms with Gasteiger partial charge in [0.1, 0.15) is 17.2 Å². The zero-order valence-corrected chi connectivity index (χ0v) is 13.7. The van der Waals surface area contributed by atoms with Gasteiger partial charge in [-0.1, -0.05) is 30.6 Å². The van der Waals surface area contributed by atoms with Gasteiger partial charge >= 0.3 is 0 Å². The third-order valence-corrected chi connectivity index (χ3v) is 4.47. The quantitative estimate of drug-likeness (QED) is 0.901. The average molecular weight is 321 g/mol. The van der Waals surface area contributed by atoms with E-state index in [1.54, 1.807) is 12.1 Å². The molecule has 0 saturated carbocycles. The number of rotatable bonds is 4. The van der Waals surface area contributed by atoms with Crippen LogP contribution < -0.4 is 0 Å². The van der Waals surface area contributed by atoms with Gasteiger partial charge in [0.2, 0.25) is 0 Å². The van der Waals surface area contributed by atoms with E-state index in [1.807, 2.05) is 6.07 Å². The van der Waals surface area contributed by atoms with Crippen molar-refractivity contribution >= 4 is 11.6 Å². The Balaban J connectivity index is 1.79. The molecule has 0 amide bonds. The molecular weight excluding hydrogens is 300 g/mol. The molecule has 1 aromatic carbocycles. The first kappa shape index (κ1) is 15.4. The highest BCUT2D eigenvalue weighted by Gasteiger charge is 2.29. The van der Waals surface area contributed by atoms with Crippen LogP contribution in [0.4, 0.5) is 0 Å². The Kier molecular flexibility index (Phi) is 4.41. The van der Waals surface area contributed by atoms with Gasteiger partial charge in [-0.2, -0.15) is 0 Å². The van der Waals surface area contributed by atoms with Crippen LogP contribution in [0.25, 0.3) is 0 Å². The second kappa shape index (κ2) is 6.31. The maximum Gasteiger partial charge on any atom is 0.139 e. The van der Waals surface area contributed by atoms with Crippen molar-refractivity contribution in [2.45, 2.75) is 45.2 Å². The van der Waals surface area contributed by atoms with E-state index < -0.39 is 0 Å². The van der Waals surface area contributed by atoms with Crippen LogP contribution in [-0.2, 0) is 6.54 Å². The molecule has 118 valence electrons. The topological polar surface area (TPSA) is 49.5 Å². The number of aromatic hydroxyl groups is 1. The number of likely N-dealkylation sites (tertiary alicyclic amines) is 1. The van der Waals surface area contributed by atoms with E-state index in [9.17, 15) is 5.11 Å². The molecule has 0 aliphatic carbocycles. The molecule has 4 nitrogen and oxygen atoms in total. The lowest BCUT2D eigenvalue weighted by atomic mass is 10.1. The summed E-state index contributed by atoms with van der Waals surface area (Å²) in [7, 11) is 0.